The van der Waals surface area contributed by atoms with Crippen LogP contribution in [0.4, 0.5) is 5.69 Å². The first kappa shape index (κ1) is 24.4. The summed E-state index contributed by atoms with van der Waals surface area (Å²) in [6.45, 7) is 4.90. The zero-order valence-electron chi connectivity index (χ0n) is 19.9. The van der Waals surface area contributed by atoms with Crippen LogP contribution >= 0.6 is 0 Å². The van der Waals surface area contributed by atoms with Crippen LogP contribution in [0.25, 0.3) is 0 Å². The van der Waals surface area contributed by atoms with Crippen LogP contribution in [-0.2, 0) is 16.1 Å². The molecule has 0 bridgehead atoms. The molecule has 0 spiro atoms. The number of amides is 3. The molecule has 1 atom stereocenters. The van der Waals surface area contributed by atoms with Crippen molar-refractivity contribution >= 4 is 30.2 Å². The molecule has 1 N–H and O–H groups in total. The summed E-state index contributed by atoms with van der Waals surface area (Å²) < 4.78 is 5.94. The van der Waals surface area contributed by atoms with Crippen molar-refractivity contribution in [1.29, 1.82) is 0 Å². The van der Waals surface area contributed by atoms with Crippen LogP contribution in [0, 0.1) is 5.92 Å². The summed E-state index contributed by atoms with van der Waals surface area (Å²) >= 11 is 0. The van der Waals surface area contributed by atoms with E-state index >= 15 is 0 Å². The monoisotopic (exact) mass is 477 g/mol. The second-order valence-electron chi connectivity index (χ2n) is 9.24. The second kappa shape index (κ2) is 11.2. The van der Waals surface area contributed by atoms with E-state index in [-0.39, 0.29) is 24.3 Å². The van der Waals surface area contributed by atoms with Gasteiger partial charge in [-0.3, -0.25) is 24.5 Å². The van der Waals surface area contributed by atoms with Gasteiger partial charge in [0.2, 0.25) is 12.3 Å². The smallest absolute Gasteiger partial charge is 0.254 e. The fourth-order valence-electron chi connectivity index (χ4n) is 4.82. The highest BCUT2D eigenvalue weighted by Gasteiger charge is 2.34. The fourth-order valence-corrected chi connectivity index (χ4v) is 4.82. The van der Waals surface area contributed by atoms with Crippen LogP contribution < -0.4 is 15.0 Å². The van der Waals surface area contributed by atoms with Gasteiger partial charge in [0, 0.05) is 54.5 Å². The highest BCUT2D eigenvalue weighted by Crippen LogP contribution is 2.35. The van der Waals surface area contributed by atoms with E-state index in [0.717, 1.165) is 54.8 Å². The molecule has 1 saturated heterocycles. The zero-order valence-corrected chi connectivity index (χ0v) is 19.9. The molecule has 0 aromatic heterocycles. The van der Waals surface area contributed by atoms with Gasteiger partial charge in [0.25, 0.3) is 5.91 Å². The van der Waals surface area contributed by atoms with Crippen molar-refractivity contribution in [2.75, 3.05) is 24.6 Å². The van der Waals surface area contributed by atoms with E-state index in [4.69, 9.17) is 4.74 Å². The number of carbonyl (C=O) groups is 4. The molecule has 4 rings (SSSR count). The van der Waals surface area contributed by atoms with Gasteiger partial charge in [0.05, 0.1) is 6.61 Å². The van der Waals surface area contributed by atoms with Crippen LogP contribution in [0.5, 0.6) is 5.75 Å². The fraction of sp³-hybridized carbons (Fsp3) is 0.407. The third-order valence-electron chi connectivity index (χ3n) is 6.97. The highest BCUT2D eigenvalue weighted by atomic mass is 16.5. The molecule has 184 valence electrons. The van der Waals surface area contributed by atoms with Crippen LogP contribution in [0.3, 0.4) is 0 Å². The van der Waals surface area contributed by atoms with Crippen LogP contribution in [0.15, 0.2) is 42.5 Å². The third kappa shape index (κ3) is 5.70. The second-order valence-corrected chi connectivity index (χ2v) is 9.24. The molecule has 2 aliphatic rings. The summed E-state index contributed by atoms with van der Waals surface area (Å²) in [6.07, 6.45) is 3.90. The molecule has 3 amide bonds. The Balaban J connectivity index is 1.33. The Kier molecular flexibility index (Phi) is 7.80. The molecule has 0 radical (unpaired) electrons. The molecule has 8 heteroatoms. The van der Waals surface area contributed by atoms with Crippen LogP contribution in [0.2, 0.25) is 0 Å². The summed E-state index contributed by atoms with van der Waals surface area (Å²) in [6, 6.07) is 13.0. The molecule has 0 saturated carbocycles. The molecule has 2 aliphatic heterocycles. The lowest BCUT2D eigenvalue weighted by Crippen LogP contribution is -2.36. The summed E-state index contributed by atoms with van der Waals surface area (Å²) in [5.74, 6) is 0.884. The van der Waals surface area contributed by atoms with Gasteiger partial charge in [-0.2, -0.15) is 0 Å². The van der Waals surface area contributed by atoms with E-state index in [9.17, 15) is 19.2 Å². The Hall–Kier alpha value is -3.68. The number of carbonyl (C=O) groups excluding carboxylic acids is 4. The number of rotatable bonds is 10. The van der Waals surface area contributed by atoms with Gasteiger partial charge in [-0.25, -0.2) is 0 Å². The molecule has 8 nitrogen and oxygen atoms in total. The summed E-state index contributed by atoms with van der Waals surface area (Å²) in [4.78, 5) is 50.1. The minimum Gasteiger partial charge on any atom is -0.493 e. The number of ether oxygens (including phenoxy) is 1. The number of piperidine rings is 1. The van der Waals surface area contributed by atoms with Crippen LogP contribution in [-0.4, -0.2) is 55.1 Å². The van der Waals surface area contributed by atoms with Gasteiger partial charge in [-0.15, -0.1) is 0 Å². The van der Waals surface area contributed by atoms with Crippen molar-refractivity contribution in [2.45, 2.75) is 45.2 Å². The number of nitrogens with zero attached hydrogens (tertiary/aromatic N) is 2. The van der Waals surface area contributed by atoms with Gasteiger partial charge in [-0.1, -0.05) is 6.07 Å². The van der Waals surface area contributed by atoms with Crippen molar-refractivity contribution in [2.24, 2.45) is 5.92 Å². The largest absolute Gasteiger partial charge is 0.493 e. The van der Waals surface area contributed by atoms with E-state index in [1.54, 1.807) is 12.1 Å². The Morgan fingerprint density at radius 2 is 1.89 bits per heavy atom. The first-order valence-electron chi connectivity index (χ1n) is 12.1. The Morgan fingerprint density at radius 3 is 2.57 bits per heavy atom. The van der Waals surface area contributed by atoms with Crippen LogP contribution in [0.1, 0.15) is 58.9 Å². The van der Waals surface area contributed by atoms with Gasteiger partial charge >= 0.3 is 0 Å². The average molecular weight is 478 g/mol. The van der Waals surface area contributed by atoms with Crippen molar-refractivity contribution < 1.29 is 23.9 Å². The number of imide groups is 1. The van der Waals surface area contributed by atoms with Gasteiger partial charge in [0.1, 0.15) is 12.0 Å². The summed E-state index contributed by atoms with van der Waals surface area (Å²) in [7, 11) is 0. The lowest BCUT2D eigenvalue weighted by molar-refractivity contribution is -0.125. The maximum atomic E-state index is 13.1. The Bertz CT molecular complexity index is 1080. The number of nitrogens with one attached hydrogen (secondary N) is 1. The third-order valence-corrected chi connectivity index (χ3v) is 6.97. The molecule has 1 fully saturated rings. The topological polar surface area (TPSA) is 96.0 Å². The maximum absolute atomic E-state index is 13.1. The zero-order chi connectivity index (χ0) is 24.8. The van der Waals surface area contributed by atoms with E-state index in [1.165, 1.54) is 0 Å². The van der Waals surface area contributed by atoms with Crippen molar-refractivity contribution in [3.8, 4) is 5.75 Å². The van der Waals surface area contributed by atoms with Gasteiger partial charge in [0.15, 0.2) is 0 Å². The first-order valence-corrected chi connectivity index (χ1v) is 12.1. The number of hydrogen-bond acceptors (Lipinski definition) is 6. The van der Waals surface area contributed by atoms with E-state index < -0.39 is 0 Å². The quantitative estimate of drug-likeness (QED) is 0.528. The van der Waals surface area contributed by atoms with Crippen molar-refractivity contribution in [1.82, 2.24) is 10.2 Å². The number of benzene rings is 2. The molecule has 35 heavy (non-hydrogen) atoms. The van der Waals surface area contributed by atoms with Gasteiger partial charge in [-0.05, 0) is 68.5 Å². The Morgan fingerprint density at radius 1 is 1.14 bits per heavy atom. The lowest BCUT2D eigenvalue weighted by Gasteiger charge is -2.34. The molecule has 2 aromatic carbocycles. The minimum atomic E-state index is -0.332. The maximum Gasteiger partial charge on any atom is 0.254 e. The Labute approximate surface area is 205 Å². The van der Waals surface area contributed by atoms with Gasteiger partial charge < -0.3 is 14.5 Å². The molecule has 2 aromatic rings. The molecule has 2 heterocycles. The van der Waals surface area contributed by atoms with Crippen molar-refractivity contribution in [3.63, 3.8) is 0 Å². The van der Waals surface area contributed by atoms with E-state index in [1.807, 2.05) is 36.1 Å². The highest BCUT2D eigenvalue weighted by molar-refractivity contribution is 6.00. The van der Waals surface area contributed by atoms with E-state index in [0.29, 0.717) is 37.5 Å². The molecule has 1 unspecified atom stereocenters. The van der Waals surface area contributed by atoms with E-state index in [2.05, 4.69) is 16.3 Å². The predicted octanol–water partition coefficient (Wildman–Crippen LogP) is 3.19. The minimum absolute atomic E-state index is 0.00553. The van der Waals surface area contributed by atoms with Crippen molar-refractivity contribution in [3.05, 3.63) is 59.2 Å². The average Bonchev–Trinajstić information content (AvgIpc) is 3.23. The number of fused-ring (bicyclic) bond motifs is 1. The SMILES string of the molecule is CC(CCC(=O)NC=O)N1Cc2c(cccc2N2CCC(COc3ccc(C=O)cc3)CC2)C1=O. The normalized spacial score (nSPS) is 16.5. The summed E-state index contributed by atoms with van der Waals surface area (Å²) in [5.41, 5.74) is 3.52. The molecular weight excluding hydrogens is 446 g/mol. The molecular formula is C27H31N3O5. The first-order chi connectivity index (χ1) is 17.0. The predicted molar refractivity (Wildman–Crippen MR) is 131 cm³/mol. The number of anilines is 1. The lowest BCUT2D eigenvalue weighted by atomic mass is 9.96. The molecule has 0 aliphatic carbocycles. The summed E-state index contributed by atoms with van der Waals surface area (Å²) in [5, 5.41) is 2.15. The standard InChI is InChI=1S/C27H31N3O5/c1-19(5-10-26(33)28-18-32)30-15-24-23(27(30)34)3-2-4-25(24)29-13-11-21(12-14-29)17-35-22-8-6-20(16-31)7-9-22/h2-4,6-9,16,18-19,21H,5,10-15,17H2,1H3,(H,28,32,33). The number of hydrogen-bond donors (Lipinski definition) is 1. The number of aldehydes is 1.